The van der Waals surface area contributed by atoms with Gasteiger partial charge in [0.2, 0.25) is 5.89 Å². The molecular weight excluding hydrogens is 398 g/mol. The molecule has 7 nitrogen and oxygen atoms in total. The number of hydrogen-bond donors (Lipinski definition) is 0. The van der Waals surface area contributed by atoms with Crippen molar-refractivity contribution in [3.63, 3.8) is 0 Å². The Labute approximate surface area is 149 Å². The van der Waals surface area contributed by atoms with E-state index < -0.39 is 9.84 Å². The number of nitrogens with zero attached hydrogens (tertiary/aromatic N) is 3. The van der Waals surface area contributed by atoms with Gasteiger partial charge in [0.25, 0.3) is 5.89 Å². The van der Waals surface area contributed by atoms with E-state index in [9.17, 15) is 8.42 Å². The van der Waals surface area contributed by atoms with Crippen LogP contribution in [0.15, 0.2) is 25.6 Å². The summed E-state index contributed by atoms with van der Waals surface area (Å²) in [4.78, 5) is 2.14. The van der Waals surface area contributed by atoms with Crippen molar-refractivity contribution in [3.05, 3.63) is 22.7 Å². The quantitative estimate of drug-likeness (QED) is 0.683. The monoisotopic (exact) mass is 417 g/mol. The van der Waals surface area contributed by atoms with E-state index in [-0.39, 0.29) is 17.5 Å². The number of halogens is 1. The number of unbranched alkanes of at least 4 members (excludes halogenated alkanes) is 1. The van der Waals surface area contributed by atoms with Crippen LogP contribution in [-0.2, 0) is 16.4 Å². The predicted octanol–water partition coefficient (Wildman–Crippen LogP) is 2.88. The maximum atomic E-state index is 11.8. The van der Waals surface area contributed by atoms with Gasteiger partial charge in [0.15, 0.2) is 20.3 Å². The Kier molecular flexibility index (Phi) is 5.41. The van der Waals surface area contributed by atoms with E-state index in [0.29, 0.717) is 35.2 Å². The number of furan rings is 1. The van der Waals surface area contributed by atoms with Crippen LogP contribution in [0, 0.1) is 0 Å². The maximum Gasteiger partial charge on any atom is 0.283 e. The lowest BCUT2D eigenvalue weighted by Gasteiger charge is -2.26. The molecule has 1 fully saturated rings. The van der Waals surface area contributed by atoms with Crippen LogP contribution in [0.25, 0.3) is 11.7 Å². The van der Waals surface area contributed by atoms with Gasteiger partial charge >= 0.3 is 0 Å². The van der Waals surface area contributed by atoms with E-state index in [0.717, 1.165) is 19.4 Å². The molecule has 0 saturated carbocycles. The van der Waals surface area contributed by atoms with Gasteiger partial charge in [-0.05, 0) is 47.4 Å². The molecule has 132 valence electrons. The minimum absolute atomic E-state index is 0.0228. The second-order valence-corrected chi connectivity index (χ2v) is 9.00. The Morgan fingerprint density at radius 3 is 2.79 bits per heavy atom. The SMILES string of the molecule is CCCCN(Cc1nnc(-c2ccc(Br)o2)o1)C1CCS(=O)(=O)C1. The summed E-state index contributed by atoms with van der Waals surface area (Å²) in [5.74, 6) is 1.77. The van der Waals surface area contributed by atoms with Gasteiger partial charge in [0, 0.05) is 6.04 Å². The molecule has 1 unspecified atom stereocenters. The molecular formula is C15H20BrN3O4S. The molecule has 2 aromatic rings. The second-order valence-electron chi connectivity index (χ2n) is 5.99. The lowest BCUT2D eigenvalue weighted by Crippen LogP contribution is -2.36. The highest BCUT2D eigenvalue weighted by atomic mass is 79.9. The Bertz CT molecular complexity index is 786. The van der Waals surface area contributed by atoms with Gasteiger partial charge in [0.1, 0.15) is 0 Å². The predicted molar refractivity (Wildman–Crippen MR) is 92.1 cm³/mol. The zero-order valence-electron chi connectivity index (χ0n) is 13.4. The van der Waals surface area contributed by atoms with Crippen molar-refractivity contribution in [2.45, 2.75) is 38.8 Å². The second kappa shape index (κ2) is 7.37. The summed E-state index contributed by atoms with van der Waals surface area (Å²) in [6.45, 7) is 3.39. The van der Waals surface area contributed by atoms with Crippen molar-refractivity contribution in [1.29, 1.82) is 0 Å². The average molecular weight is 418 g/mol. The minimum atomic E-state index is -2.92. The van der Waals surface area contributed by atoms with Crippen LogP contribution >= 0.6 is 15.9 Å². The average Bonchev–Trinajstić information content (AvgIpc) is 3.23. The molecule has 3 rings (SSSR count). The van der Waals surface area contributed by atoms with Crippen LogP contribution in [-0.4, -0.2) is 47.6 Å². The molecule has 2 aromatic heterocycles. The summed E-state index contributed by atoms with van der Waals surface area (Å²) in [7, 11) is -2.92. The summed E-state index contributed by atoms with van der Waals surface area (Å²) in [5, 5.41) is 8.09. The largest absolute Gasteiger partial charge is 0.444 e. The van der Waals surface area contributed by atoms with Gasteiger partial charge in [0.05, 0.1) is 18.1 Å². The molecule has 0 amide bonds. The molecule has 24 heavy (non-hydrogen) atoms. The highest BCUT2D eigenvalue weighted by Gasteiger charge is 2.32. The molecule has 0 spiro atoms. The highest BCUT2D eigenvalue weighted by Crippen LogP contribution is 2.25. The van der Waals surface area contributed by atoms with E-state index in [2.05, 4.69) is 38.0 Å². The molecule has 1 atom stereocenters. The fourth-order valence-electron chi connectivity index (χ4n) is 2.84. The fraction of sp³-hybridized carbons (Fsp3) is 0.600. The third-order valence-electron chi connectivity index (χ3n) is 4.11. The van der Waals surface area contributed by atoms with Crippen molar-refractivity contribution in [1.82, 2.24) is 15.1 Å². The minimum Gasteiger partial charge on any atom is -0.444 e. The molecule has 0 aliphatic carbocycles. The number of aromatic nitrogens is 2. The fourth-order valence-corrected chi connectivity index (χ4v) is 4.90. The molecule has 0 N–H and O–H groups in total. The van der Waals surface area contributed by atoms with Gasteiger partial charge in [-0.2, -0.15) is 0 Å². The van der Waals surface area contributed by atoms with Gasteiger partial charge in [-0.1, -0.05) is 13.3 Å². The van der Waals surface area contributed by atoms with Gasteiger partial charge in [-0.15, -0.1) is 10.2 Å². The molecule has 9 heteroatoms. The maximum absolute atomic E-state index is 11.8. The van der Waals surface area contributed by atoms with Gasteiger partial charge in [-0.3, -0.25) is 4.90 Å². The summed E-state index contributed by atoms with van der Waals surface area (Å²) < 4.78 is 35.2. The lowest BCUT2D eigenvalue weighted by molar-refractivity contribution is 0.182. The molecule has 1 aliphatic heterocycles. The van der Waals surface area contributed by atoms with E-state index in [1.807, 2.05) is 0 Å². The van der Waals surface area contributed by atoms with Crippen molar-refractivity contribution >= 4 is 25.8 Å². The zero-order valence-corrected chi connectivity index (χ0v) is 15.8. The van der Waals surface area contributed by atoms with Crippen LogP contribution in [0.3, 0.4) is 0 Å². The van der Waals surface area contributed by atoms with Crippen molar-refractivity contribution in [3.8, 4) is 11.7 Å². The van der Waals surface area contributed by atoms with E-state index in [1.54, 1.807) is 12.1 Å². The van der Waals surface area contributed by atoms with Crippen molar-refractivity contribution < 1.29 is 17.3 Å². The van der Waals surface area contributed by atoms with E-state index >= 15 is 0 Å². The van der Waals surface area contributed by atoms with Crippen LogP contribution in [0.1, 0.15) is 32.1 Å². The third-order valence-corrected chi connectivity index (χ3v) is 6.29. The first-order chi connectivity index (χ1) is 11.5. The Morgan fingerprint density at radius 2 is 2.17 bits per heavy atom. The molecule has 3 heterocycles. The third kappa shape index (κ3) is 4.25. The summed E-state index contributed by atoms with van der Waals surface area (Å²) in [5.41, 5.74) is 0. The van der Waals surface area contributed by atoms with Crippen molar-refractivity contribution in [2.24, 2.45) is 0 Å². The number of rotatable bonds is 7. The van der Waals surface area contributed by atoms with Crippen LogP contribution in [0.4, 0.5) is 0 Å². The first kappa shape index (κ1) is 17.6. The van der Waals surface area contributed by atoms with Crippen molar-refractivity contribution in [2.75, 3.05) is 18.1 Å². The lowest BCUT2D eigenvalue weighted by atomic mass is 10.2. The Hall–Kier alpha value is -1.19. The van der Waals surface area contributed by atoms with Crippen LogP contribution in [0.5, 0.6) is 0 Å². The molecule has 1 aliphatic rings. The normalized spacial score (nSPS) is 20.0. The Morgan fingerprint density at radius 1 is 1.33 bits per heavy atom. The number of sulfone groups is 1. The number of hydrogen-bond acceptors (Lipinski definition) is 7. The first-order valence-corrected chi connectivity index (χ1v) is 10.6. The van der Waals surface area contributed by atoms with Gasteiger partial charge in [-0.25, -0.2) is 8.42 Å². The van der Waals surface area contributed by atoms with E-state index in [4.69, 9.17) is 8.83 Å². The van der Waals surface area contributed by atoms with E-state index in [1.165, 1.54) is 0 Å². The zero-order chi connectivity index (χ0) is 17.2. The molecule has 1 saturated heterocycles. The summed E-state index contributed by atoms with van der Waals surface area (Å²) in [6.07, 6.45) is 2.71. The smallest absolute Gasteiger partial charge is 0.283 e. The first-order valence-electron chi connectivity index (χ1n) is 7.99. The Balaban J connectivity index is 1.72. The highest BCUT2D eigenvalue weighted by molar-refractivity contribution is 9.10. The van der Waals surface area contributed by atoms with Crippen LogP contribution in [0.2, 0.25) is 0 Å². The topological polar surface area (TPSA) is 89.4 Å². The standard InChI is InChI=1S/C15H20BrN3O4S/c1-2-3-7-19(11-6-8-24(20,21)10-11)9-14-17-18-15(23-14)12-4-5-13(16)22-12/h4-5,11H,2-3,6-10H2,1H3. The summed E-state index contributed by atoms with van der Waals surface area (Å²) in [6, 6.07) is 3.53. The molecule has 0 bridgehead atoms. The van der Waals surface area contributed by atoms with Crippen LogP contribution < -0.4 is 0 Å². The molecule has 0 aromatic carbocycles. The van der Waals surface area contributed by atoms with Gasteiger partial charge < -0.3 is 8.83 Å². The summed E-state index contributed by atoms with van der Waals surface area (Å²) >= 11 is 3.24. The molecule has 0 radical (unpaired) electrons.